The fourth-order valence-electron chi connectivity index (χ4n) is 4.47. The molecule has 3 amide bonds. The van der Waals surface area contributed by atoms with Crippen LogP contribution in [0.2, 0.25) is 0 Å². The lowest BCUT2D eigenvalue weighted by Crippen LogP contribution is -2.53. The Balaban J connectivity index is 1.25. The van der Waals surface area contributed by atoms with E-state index in [0.717, 1.165) is 31.7 Å². The normalized spacial score (nSPS) is 16.4. The summed E-state index contributed by atoms with van der Waals surface area (Å²) in [5.74, 6) is -0.916. The van der Waals surface area contributed by atoms with Gasteiger partial charge in [0.2, 0.25) is 23.6 Å². The molecule has 5 rings (SSSR count). The van der Waals surface area contributed by atoms with Gasteiger partial charge in [-0.3, -0.25) is 14.4 Å². The van der Waals surface area contributed by atoms with E-state index in [2.05, 4.69) is 26.0 Å². The molecule has 0 saturated heterocycles. The largest absolute Gasteiger partial charge is 0.437 e. The minimum absolute atomic E-state index is 0.0507. The van der Waals surface area contributed by atoms with Crippen LogP contribution < -0.4 is 20.7 Å². The summed E-state index contributed by atoms with van der Waals surface area (Å²) in [6.07, 6.45) is 11.0. The molecule has 0 radical (unpaired) electrons. The molecular formula is C29H31FN6O4. The molecule has 11 heteroatoms. The lowest BCUT2D eigenvalue weighted by Gasteiger charge is -2.38. The first-order valence-corrected chi connectivity index (χ1v) is 13.4. The minimum Gasteiger partial charge on any atom is -0.437 e. The molecule has 10 nitrogen and oxygen atoms in total. The van der Waals surface area contributed by atoms with Gasteiger partial charge in [0, 0.05) is 23.7 Å². The maximum absolute atomic E-state index is 15.0. The fourth-order valence-corrected chi connectivity index (χ4v) is 4.47. The standard InChI is InChI=1S/C29H31FN6O4/c1-3-6-19(7-4-2)31-27(38)29(14-5-15-29)28(39)32-22-11-10-20(16-21(22)30)40-25-13-12-24-33-23(17-36(24)35-25)34-26(37)18-8-9-18/h3,6-7,10-13,16-18H,4-5,8-9,14-15H2,1-2H3,(H,31,38)(H,32,39)(H,34,37)/b6-3-,19-7+. The summed E-state index contributed by atoms with van der Waals surface area (Å²) >= 11 is 0. The number of ether oxygens (including phenoxy) is 1. The number of imidazole rings is 1. The number of nitrogens with zero attached hydrogens (tertiary/aromatic N) is 3. The quantitative estimate of drug-likeness (QED) is 0.240. The summed E-state index contributed by atoms with van der Waals surface area (Å²) in [7, 11) is 0. The Morgan fingerprint density at radius 2 is 1.95 bits per heavy atom. The van der Waals surface area contributed by atoms with Crippen molar-refractivity contribution in [3.8, 4) is 11.6 Å². The second kappa shape index (κ2) is 11.3. The van der Waals surface area contributed by atoms with Crippen LogP contribution in [0.1, 0.15) is 52.4 Å². The number of allylic oxidation sites excluding steroid dienone is 3. The number of aromatic nitrogens is 3. The van der Waals surface area contributed by atoms with Crippen molar-refractivity contribution in [1.82, 2.24) is 19.9 Å². The molecule has 2 heterocycles. The van der Waals surface area contributed by atoms with Gasteiger partial charge >= 0.3 is 0 Å². The third-order valence-electron chi connectivity index (χ3n) is 7.01. The maximum Gasteiger partial charge on any atom is 0.240 e. The Morgan fingerprint density at radius 3 is 2.60 bits per heavy atom. The van der Waals surface area contributed by atoms with Crippen LogP contribution in [0.3, 0.4) is 0 Å². The maximum atomic E-state index is 15.0. The second-order valence-corrected chi connectivity index (χ2v) is 10.0. The van der Waals surface area contributed by atoms with Crippen molar-refractivity contribution >= 4 is 34.9 Å². The van der Waals surface area contributed by atoms with Gasteiger partial charge in [0.15, 0.2) is 11.5 Å². The summed E-state index contributed by atoms with van der Waals surface area (Å²) in [5, 5.41) is 12.5. The SMILES string of the molecule is C/C=C\C(=C/CC)NC(=O)C1(C(=O)Nc2ccc(Oc3ccc4nc(NC(=O)C5CC5)cn4n3)cc2F)CCC1. The van der Waals surface area contributed by atoms with Crippen LogP contribution in [-0.2, 0) is 14.4 Å². The molecule has 2 aliphatic rings. The molecule has 208 valence electrons. The first-order valence-electron chi connectivity index (χ1n) is 13.4. The third-order valence-corrected chi connectivity index (χ3v) is 7.01. The van der Waals surface area contributed by atoms with Gasteiger partial charge < -0.3 is 20.7 Å². The number of hydrogen-bond acceptors (Lipinski definition) is 6. The van der Waals surface area contributed by atoms with Gasteiger partial charge in [0.25, 0.3) is 0 Å². The van der Waals surface area contributed by atoms with Crippen molar-refractivity contribution in [2.75, 3.05) is 10.6 Å². The number of anilines is 2. The van der Waals surface area contributed by atoms with Crippen LogP contribution in [-0.4, -0.2) is 32.3 Å². The summed E-state index contributed by atoms with van der Waals surface area (Å²) < 4.78 is 22.2. The molecule has 0 spiro atoms. The zero-order valence-electron chi connectivity index (χ0n) is 22.4. The third kappa shape index (κ3) is 5.73. The predicted molar refractivity (Wildman–Crippen MR) is 147 cm³/mol. The first-order chi connectivity index (χ1) is 19.3. The Bertz CT molecular complexity index is 1520. The topological polar surface area (TPSA) is 127 Å². The van der Waals surface area contributed by atoms with Crippen LogP contribution in [0, 0.1) is 17.2 Å². The van der Waals surface area contributed by atoms with E-state index in [0.29, 0.717) is 30.0 Å². The number of carbonyl (C=O) groups is 3. The predicted octanol–water partition coefficient (Wildman–Crippen LogP) is 5.10. The highest BCUT2D eigenvalue weighted by atomic mass is 19.1. The number of hydrogen-bond donors (Lipinski definition) is 3. The van der Waals surface area contributed by atoms with Crippen molar-refractivity contribution in [3.05, 3.63) is 66.3 Å². The molecule has 0 bridgehead atoms. The average Bonchev–Trinajstić information content (AvgIpc) is 3.66. The van der Waals surface area contributed by atoms with E-state index in [1.807, 2.05) is 26.0 Å². The lowest BCUT2D eigenvalue weighted by molar-refractivity contribution is -0.145. The number of halogens is 1. The van der Waals surface area contributed by atoms with E-state index in [1.165, 1.54) is 16.6 Å². The summed E-state index contributed by atoms with van der Waals surface area (Å²) in [6.45, 7) is 3.80. The first kappa shape index (κ1) is 27.0. The van der Waals surface area contributed by atoms with Crippen LogP contribution in [0.5, 0.6) is 11.6 Å². The highest BCUT2D eigenvalue weighted by molar-refractivity contribution is 6.11. The van der Waals surface area contributed by atoms with E-state index in [-0.39, 0.29) is 29.1 Å². The van der Waals surface area contributed by atoms with Gasteiger partial charge in [-0.1, -0.05) is 25.5 Å². The van der Waals surface area contributed by atoms with Crippen LogP contribution in [0.4, 0.5) is 15.9 Å². The van der Waals surface area contributed by atoms with Crippen LogP contribution in [0.15, 0.2) is 60.5 Å². The molecule has 0 unspecified atom stereocenters. The summed E-state index contributed by atoms with van der Waals surface area (Å²) in [4.78, 5) is 42.5. The molecule has 3 N–H and O–H groups in total. The van der Waals surface area contributed by atoms with Gasteiger partial charge in [-0.15, -0.1) is 5.10 Å². The molecule has 2 aliphatic carbocycles. The highest BCUT2D eigenvalue weighted by Gasteiger charge is 2.51. The highest BCUT2D eigenvalue weighted by Crippen LogP contribution is 2.42. The number of amides is 3. The van der Waals surface area contributed by atoms with E-state index in [4.69, 9.17) is 4.74 Å². The zero-order chi connectivity index (χ0) is 28.3. The van der Waals surface area contributed by atoms with Crippen molar-refractivity contribution in [1.29, 1.82) is 0 Å². The van der Waals surface area contributed by atoms with E-state index in [1.54, 1.807) is 24.4 Å². The van der Waals surface area contributed by atoms with Crippen molar-refractivity contribution in [2.45, 2.75) is 52.4 Å². The van der Waals surface area contributed by atoms with Gasteiger partial charge in [0.1, 0.15) is 17.0 Å². The van der Waals surface area contributed by atoms with Gasteiger partial charge in [-0.05, 0) is 63.3 Å². The number of carbonyl (C=O) groups excluding carboxylic acids is 3. The fraction of sp³-hybridized carbons (Fsp3) is 0.345. The van der Waals surface area contributed by atoms with Crippen molar-refractivity contribution in [2.24, 2.45) is 11.3 Å². The number of rotatable bonds is 10. The molecule has 40 heavy (non-hydrogen) atoms. The minimum atomic E-state index is -1.25. The smallest absolute Gasteiger partial charge is 0.240 e. The molecular weight excluding hydrogens is 515 g/mol. The van der Waals surface area contributed by atoms with Crippen LogP contribution in [0.25, 0.3) is 5.65 Å². The van der Waals surface area contributed by atoms with Crippen LogP contribution >= 0.6 is 0 Å². The molecule has 2 fully saturated rings. The zero-order valence-corrected chi connectivity index (χ0v) is 22.4. The number of nitrogens with one attached hydrogen (secondary N) is 3. The second-order valence-electron chi connectivity index (χ2n) is 10.0. The molecule has 2 aromatic heterocycles. The molecule has 3 aromatic rings. The van der Waals surface area contributed by atoms with E-state index < -0.39 is 23.0 Å². The molecule has 2 saturated carbocycles. The van der Waals surface area contributed by atoms with Gasteiger partial charge in [-0.2, -0.15) is 0 Å². The molecule has 1 aromatic carbocycles. The Labute approximate surface area is 230 Å². The van der Waals surface area contributed by atoms with E-state index in [9.17, 15) is 18.8 Å². The average molecular weight is 547 g/mol. The Kier molecular flexibility index (Phi) is 7.63. The lowest BCUT2D eigenvalue weighted by atomic mass is 9.67. The van der Waals surface area contributed by atoms with Crippen molar-refractivity contribution in [3.63, 3.8) is 0 Å². The number of fused-ring (bicyclic) bond motifs is 1. The summed E-state index contributed by atoms with van der Waals surface area (Å²) in [6, 6.07) is 7.27. The monoisotopic (exact) mass is 546 g/mol. The van der Waals surface area contributed by atoms with Gasteiger partial charge in [0.05, 0.1) is 11.9 Å². The Morgan fingerprint density at radius 1 is 1.15 bits per heavy atom. The van der Waals surface area contributed by atoms with Crippen molar-refractivity contribution < 1.29 is 23.5 Å². The molecule has 0 atom stereocenters. The summed E-state index contributed by atoms with van der Waals surface area (Å²) in [5.41, 5.74) is -0.164. The number of benzene rings is 1. The molecule has 0 aliphatic heterocycles. The van der Waals surface area contributed by atoms with Gasteiger partial charge in [-0.25, -0.2) is 13.9 Å². The van der Waals surface area contributed by atoms with E-state index >= 15 is 0 Å². The Hall–Kier alpha value is -4.54.